The van der Waals surface area contributed by atoms with Crippen LogP contribution in [-0.2, 0) is 4.74 Å². The van der Waals surface area contributed by atoms with Crippen molar-refractivity contribution in [2.75, 3.05) is 0 Å². The van der Waals surface area contributed by atoms with E-state index in [1.54, 1.807) is 6.08 Å². The van der Waals surface area contributed by atoms with E-state index in [0.717, 1.165) is 19.3 Å². The van der Waals surface area contributed by atoms with Crippen LogP contribution in [0.25, 0.3) is 0 Å². The minimum atomic E-state index is -1.02. The highest BCUT2D eigenvalue weighted by atomic mass is 16.5. The van der Waals surface area contributed by atoms with Crippen LogP contribution in [0.1, 0.15) is 46.9 Å². The van der Waals surface area contributed by atoms with Crippen LogP contribution in [0.2, 0.25) is 0 Å². The van der Waals surface area contributed by atoms with E-state index >= 15 is 0 Å². The molecule has 0 heterocycles. The molecule has 0 fully saturated rings. The number of rotatable bonds is 6. The molecule has 0 aromatic heterocycles. The molecule has 4 heteroatoms. The van der Waals surface area contributed by atoms with Crippen molar-refractivity contribution >= 4 is 11.9 Å². The van der Waals surface area contributed by atoms with Crippen LogP contribution < -0.4 is 0 Å². The number of hydrogen-bond donors (Lipinski definition) is 1. The van der Waals surface area contributed by atoms with Gasteiger partial charge >= 0.3 is 11.9 Å². The fourth-order valence-corrected chi connectivity index (χ4v) is 1.32. The van der Waals surface area contributed by atoms with Crippen LogP contribution in [0.3, 0.4) is 0 Å². The number of allylic oxidation sites excluding steroid dienone is 1. The molecular formula is C14H16O4. The topological polar surface area (TPSA) is 63.6 Å². The summed E-state index contributed by atoms with van der Waals surface area (Å²) in [7, 11) is 0. The Balaban J connectivity index is 2.51. The van der Waals surface area contributed by atoms with Gasteiger partial charge in [-0.1, -0.05) is 13.3 Å². The molecule has 1 aromatic carbocycles. The van der Waals surface area contributed by atoms with Gasteiger partial charge in [-0.2, -0.15) is 0 Å². The van der Waals surface area contributed by atoms with Gasteiger partial charge in [0.2, 0.25) is 0 Å². The van der Waals surface area contributed by atoms with E-state index in [9.17, 15) is 9.59 Å². The third-order valence-electron chi connectivity index (χ3n) is 2.36. The van der Waals surface area contributed by atoms with Crippen molar-refractivity contribution in [3.63, 3.8) is 0 Å². The number of aromatic carboxylic acids is 1. The lowest BCUT2D eigenvalue weighted by Gasteiger charge is -2.00. The van der Waals surface area contributed by atoms with Crippen LogP contribution in [-0.4, -0.2) is 17.0 Å². The maximum atomic E-state index is 11.5. The van der Waals surface area contributed by atoms with Crippen molar-refractivity contribution in [2.45, 2.75) is 26.2 Å². The molecule has 0 aliphatic rings. The Bertz CT molecular complexity index is 432. The Morgan fingerprint density at radius 3 is 2.39 bits per heavy atom. The molecule has 4 nitrogen and oxygen atoms in total. The number of carbonyl (C=O) groups is 2. The van der Waals surface area contributed by atoms with Gasteiger partial charge in [0.15, 0.2) is 0 Å². The summed E-state index contributed by atoms with van der Waals surface area (Å²) in [6.45, 7) is 2.09. The van der Waals surface area contributed by atoms with Gasteiger partial charge in [0.05, 0.1) is 17.4 Å². The van der Waals surface area contributed by atoms with Crippen LogP contribution in [0.4, 0.5) is 0 Å². The van der Waals surface area contributed by atoms with Gasteiger partial charge in [-0.3, -0.25) is 0 Å². The minimum absolute atomic E-state index is 0.144. The first-order chi connectivity index (χ1) is 8.65. The first-order valence-corrected chi connectivity index (χ1v) is 5.84. The number of carboxylic acids is 1. The molecule has 1 N–H and O–H groups in total. The van der Waals surface area contributed by atoms with Crippen LogP contribution in [0, 0.1) is 0 Å². The second-order valence-corrected chi connectivity index (χ2v) is 3.80. The highest BCUT2D eigenvalue weighted by Crippen LogP contribution is 2.06. The average molecular weight is 248 g/mol. The van der Waals surface area contributed by atoms with Crippen molar-refractivity contribution in [2.24, 2.45) is 0 Å². The van der Waals surface area contributed by atoms with E-state index in [1.807, 2.05) is 0 Å². The standard InChI is InChI=1S/C14H16O4/c1-2-3-4-5-10-18-14(17)12-8-6-11(7-9-12)13(15)16/h5-10H,2-4H2,1H3,(H,15,16). The summed E-state index contributed by atoms with van der Waals surface area (Å²) in [5, 5.41) is 8.71. The molecule has 0 aliphatic carbocycles. The molecule has 96 valence electrons. The van der Waals surface area contributed by atoms with E-state index < -0.39 is 11.9 Å². The van der Waals surface area contributed by atoms with Crippen molar-refractivity contribution in [3.8, 4) is 0 Å². The zero-order chi connectivity index (χ0) is 13.4. The molecule has 1 aromatic rings. The number of benzene rings is 1. The molecule has 0 unspecified atom stereocenters. The second-order valence-electron chi connectivity index (χ2n) is 3.80. The summed E-state index contributed by atoms with van der Waals surface area (Å²) in [5.41, 5.74) is 0.477. The molecule has 18 heavy (non-hydrogen) atoms. The Hall–Kier alpha value is -2.10. The number of hydrogen-bond acceptors (Lipinski definition) is 3. The van der Waals surface area contributed by atoms with E-state index in [4.69, 9.17) is 9.84 Å². The fourth-order valence-electron chi connectivity index (χ4n) is 1.32. The molecule has 0 atom stereocenters. The smallest absolute Gasteiger partial charge is 0.342 e. The van der Waals surface area contributed by atoms with Gasteiger partial charge in [0, 0.05) is 0 Å². The van der Waals surface area contributed by atoms with Gasteiger partial charge in [-0.05, 0) is 43.2 Å². The highest BCUT2D eigenvalue weighted by Gasteiger charge is 2.07. The summed E-state index contributed by atoms with van der Waals surface area (Å²) in [6.07, 6.45) is 6.20. The first-order valence-electron chi connectivity index (χ1n) is 5.84. The van der Waals surface area contributed by atoms with E-state index in [0.29, 0.717) is 5.56 Å². The van der Waals surface area contributed by atoms with Crippen LogP contribution >= 0.6 is 0 Å². The molecule has 0 bridgehead atoms. The number of carbonyl (C=O) groups excluding carboxylic acids is 1. The Kier molecular flexibility index (Phi) is 5.64. The number of carboxylic acid groups (broad SMARTS) is 1. The summed E-state index contributed by atoms with van der Waals surface area (Å²) < 4.78 is 4.91. The fraction of sp³-hybridized carbons (Fsp3) is 0.286. The molecule has 0 radical (unpaired) electrons. The van der Waals surface area contributed by atoms with Gasteiger partial charge in [-0.15, -0.1) is 0 Å². The van der Waals surface area contributed by atoms with Gasteiger partial charge < -0.3 is 9.84 Å². The molecule has 0 aliphatic heterocycles. The Labute approximate surface area is 106 Å². The lowest BCUT2D eigenvalue weighted by molar-refractivity contribution is 0.0656. The monoisotopic (exact) mass is 248 g/mol. The van der Waals surface area contributed by atoms with Gasteiger partial charge in [0.1, 0.15) is 0 Å². The predicted octanol–water partition coefficient (Wildman–Crippen LogP) is 3.25. The molecule has 0 saturated heterocycles. The lowest BCUT2D eigenvalue weighted by atomic mass is 10.1. The van der Waals surface area contributed by atoms with Gasteiger partial charge in [-0.25, -0.2) is 9.59 Å². The zero-order valence-corrected chi connectivity index (χ0v) is 10.3. The number of esters is 1. The average Bonchev–Trinajstić information content (AvgIpc) is 2.38. The quantitative estimate of drug-likeness (QED) is 0.477. The Morgan fingerprint density at radius 1 is 1.22 bits per heavy atom. The van der Waals surface area contributed by atoms with Gasteiger partial charge in [0.25, 0.3) is 0 Å². The third kappa shape index (κ3) is 4.41. The third-order valence-corrected chi connectivity index (χ3v) is 2.36. The molecule has 0 saturated carbocycles. The summed E-state index contributed by atoms with van der Waals surface area (Å²) >= 11 is 0. The molecule has 0 spiro atoms. The van der Waals surface area contributed by atoms with Crippen LogP contribution in [0.5, 0.6) is 0 Å². The van der Waals surface area contributed by atoms with E-state index in [2.05, 4.69) is 6.92 Å². The van der Waals surface area contributed by atoms with Crippen molar-refractivity contribution in [1.82, 2.24) is 0 Å². The normalized spacial score (nSPS) is 10.5. The largest absolute Gasteiger partial charge is 0.478 e. The Morgan fingerprint density at radius 2 is 1.83 bits per heavy atom. The summed E-state index contributed by atoms with van der Waals surface area (Å²) in [6, 6.07) is 5.62. The molecule has 0 amide bonds. The SMILES string of the molecule is CCCCC=COC(=O)c1ccc(C(=O)O)cc1. The van der Waals surface area contributed by atoms with Crippen molar-refractivity contribution < 1.29 is 19.4 Å². The second kappa shape index (κ2) is 7.27. The predicted molar refractivity (Wildman–Crippen MR) is 67.5 cm³/mol. The van der Waals surface area contributed by atoms with Crippen molar-refractivity contribution in [3.05, 3.63) is 47.7 Å². The van der Waals surface area contributed by atoms with E-state index in [1.165, 1.54) is 30.5 Å². The molecular weight excluding hydrogens is 232 g/mol. The van der Waals surface area contributed by atoms with Crippen molar-refractivity contribution in [1.29, 1.82) is 0 Å². The highest BCUT2D eigenvalue weighted by molar-refractivity contribution is 5.92. The summed E-state index contributed by atoms with van der Waals surface area (Å²) in [5.74, 6) is -1.51. The zero-order valence-electron chi connectivity index (χ0n) is 10.3. The number of ether oxygens (including phenoxy) is 1. The first kappa shape index (κ1) is 14.0. The minimum Gasteiger partial charge on any atom is -0.478 e. The summed E-state index contributed by atoms with van der Waals surface area (Å²) in [4.78, 5) is 22.2. The van der Waals surface area contributed by atoms with Crippen LogP contribution in [0.15, 0.2) is 36.6 Å². The maximum Gasteiger partial charge on any atom is 0.342 e. The lowest BCUT2D eigenvalue weighted by Crippen LogP contribution is -2.02. The molecule has 1 rings (SSSR count). The number of unbranched alkanes of at least 4 members (excludes halogenated alkanes) is 2. The van der Waals surface area contributed by atoms with E-state index in [-0.39, 0.29) is 5.56 Å². The maximum absolute atomic E-state index is 11.5.